The summed E-state index contributed by atoms with van der Waals surface area (Å²) in [4.78, 5) is 2.44. The minimum Gasteiger partial charge on any atom is -0.456 e. The van der Waals surface area contributed by atoms with Crippen LogP contribution >= 0.6 is 0 Å². The SMILES string of the molecule is c1ccc(N(c2ccccc2-c2cccc3oc4cc5ccccc5cc4c23)c2cccc3ccccc23)c(-c2cccc3c2oc2ccccc23)c1. The average Bonchev–Trinajstić information content (AvgIpc) is 3.79. The van der Waals surface area contributed by atoms with E-state index in [2.05, 4.69) is 181 Å². The van der Waals surface area contributed by atoms with E-state index in [1.807, 2.05) is 12.1 Å². The smallest absolute Gasteiger partial charge is 0.143 e. The lowest BCUT2D eigenvalue weighted by Gasteiger charge is -2.31. The summed E-state index contributed by atoms with van der Waals surface area (Å²) in [6.07, 6.45) is 0. The molecule has 0 amide bonds. The number of hydrogen-bond acceptors (Lipinski definition) is 3. The molecule has 11 rings (SSSR count). The molecule has 9 aromatic carbocycles. The summed E-state index contributed by atoms with van der Waals surface area (Å²) in [5.41, 5.74) is 11.1. The van der Waals surface area contributed by atoms with E-state index >= 15 is 0 Å². The van der Waals surface area contributed by atoms with Crippen LogP contribution in [0.4, 0.5) is 17.1 Å². The van der Waals surface area contributed by atoms with Gasteiger partial charge in [-0.05, 0) is 64.2 Å². The lowest BCUT2D eigenvalue weighted by molar-refractivity contribution is 0.669. The Morgan fingerprint density at radius 1 is 0.302 bits per heavy atom. The van der Waals surface area contributed by atoms with Gasteiger partial charge in [-0.25, -0.2) is 0 Å². The van der Waals surface area contributed by atoms with Crippen molar-refractivity contribution in [2.45, 2.75) is 0 Å². The van der Waals surface area contributed by atoms with Gasteiger partial charge in [0, 0.05) is 43.6 Å². The van der Waals surface area contributed by atoms with Gasteiger partial charge in [-0.15, -0.1) is 0 Å². The number of hydrogen-bond donors (Lipinski definition) is 0. The Balaban J connectivity index is 1.21. The van der Waals surface area contributed by atoms with Crippen LogP contribution in [0.2, 0.25) is 0 Å². The molecular weight excluding hydrogens is 647 g/mol. The number of rotatable bonds is 5. The molecule has 0 saturated carbocycles. The molecule has 0 aliphatic rings. The zero-order valence-electron chi connectivity index (χ0n) is 28.7. The van der Waals surface area contributed by atoms with Crippen molar-refractivity contribution >= 4 is 82.5 Å². The first-order chi connectivity index (χ1) is 26.3. The fourth-order valence-corrected chi connectivity index (χ4v) is 8.28. The van der Waals surface area contributed by atoms with Crippen molar-refractivity contribution in [3.63, 3.8) is 0 Å². The number of para-hydroxylation sites is 4. The Labute approximate surface area is 305 Å². The van der Waals surface area contributed by atoms with Crippen molar-refractivity contribution in [1.29, 1.82) is 0 Å². The van der Waals surface area contributed by atoms with Gasteiger partial charge in [-0.2, -0.15) is 0 Å². The topological polar surface area (TPSA) is 29.5 Å². The van der Waals surface area contributed by atoms with Crippen LogP contribution in [0.3, 0.4) is 0 Å². The highest BCUT2D eigenvalue weighted by molar-refractivity contribution is 6.17. The molecule has 0 N–H and O–H groups in total. The zero-order chi connectivity index (χ0) is 34.9. The van der Waals surface area contributed by atoms with Crippen molar-refractivity contribution in [1.82, 2.24) is 0 Å². The van der Waals surface area contributed by atoms with E-state index in [1.165, 1.54) is 21.5 Å². The van der Waals surface area contributed by atoms with Gasteiger partial charge in [0.2, 0.25) is 0 Å². The molecule has 0 radical (unpaired) electrons. The highest BCUT2D eigenvalue weighted by Crippen LogP contribution is 2.49. The van der Waals surface area contributed by atoms with Crippen LogP contribution in [0.1, 0.15) is 0 Å². The van der Waals surface area contributed by atoms with Crippen molar-refractivity contribution in [2.75, 3.05) is 4.90 Å². The third-order valence-electron chi connectivity index (χ3n) is 10.6. The largest absolute Gasteiger partial charge is 0.456 e. The maximum atomic E-state index is 6.63. The molecule has 53 heavy (non-hydrogen) atoms. The summed E-state index contributed by atoms with van der Waals surface area (Å²) in [6.45, 7) is 0. The standard InChI is InChI=1S/C50H31NO2/c1-2-16-34-31-48-42(30-33(34)15-1)49-39(22-13-29-47(49)52-48)36-19-5-8-25-44(36)51(43-27-11-17-32-14-3-4-18-35(32)43)45-26-9-6-20-37(45)40-23-12-24-41-38-21-7-10-28-46(38)53-50(40)41/h1-31H. The predicted molar refractivity (Wildman–Crippen MR) is 222 cm³/mol. The molecule has 0 aliphatic heterocycles. The van der Waals surface area contributed by atoms with Crippen LogP contribution in [0, 0.1) is 0 Å². The highest BCUT2D eigenvalue weighted by atomic mass is 16.3. The van der Waals surface area contributed by atoms with Crippen LogP contribution in [0.25, 0.3) is 87.7 Å². The molecule has 11 aromatic rings. The molecule has 0 fully saturated rings. The molecule has 0 saturated heterocycles. The Bertz CT molecular complexity index is 3200. The lowest BCUT2D eigenvalue weighted by atomic mass is 9.94. The van der Waals surface area contributed by atoms with Crippen molar-refractivity contribution in [3.8, 4) is 22.3 Å². The van der Waals surface area contributed by atoms with Crippen LogP contribution in [0.5, 0.6) is 0 Å². The molecule has 3 nitrogen and oxygen atoms in total. The van der Waals surface area contributed by atoms with Crippen molar-refractivity contribution < 1.29 is 8.83 Å². The summed E-state index contributed by atoms with van der Waals surface area (Å²) in [6, 6.07) is 66.8. The van der Waals surface area contributed by atoms with Crippen molar-refractivity contribution in [2.24, 2.45) is 0 Å². The number of furan rings is 2. The maximum Gasteiger partial charge on any atom is 0.143 e. The molecule has 2 heterocycles. The Morgan fingerprint density at radius 2 is 0.830 bits per heavy atom. The van der Waals surface area contributed by atoms with Gasteiger partial charge in [0.15, 0.2) is 0 Å². The first-order valence-electron chi connectivity index (χ1n) is 18.0. The van der Waals surface area contributed by atoms with E-state index in [-0.39, 0.29) is 0 Å². The van der Waals surface area contributed by atoms with Gasteiger partial charge in [0.05, 0.1) is 17.1 Å². The second kappa shape index (κ2) is 11.7. The van der Waals surface area contributed by atoms with E-state index in [0.29, 0.717) is 0 Å². The van der Waals surface area contributed by atoms with Crippen molar-refractivity contribution in [3.05, 3.63) is 188 Å². The van der Waals surface area contributed by atoms with Crippen LogP contribution in [-0.4, -0.2) is 0 Å². The molecular formula is C50H31NO2. The average molecular weight is 678 g/mol. The van der Waals surface area contributed by atoms with E-state index in [1.54, 1.807) is 0 Å². The number of fused-ring (bicyclic) bond motifs is 8. The molecule has 248 valence electrons. The fraction of sp³-hybridized carbons (Fsp3) is 0. The fourth-order valence-electron chi connectivity index (χ4n) is 8.28. The monoisotopic (exact) mass is 677 g/mol. The third-order valence-corrected chi connectivity index (χ3v) is 10.6. The minimum atomic E-state index is 0.872. The van der Waals surface area contributed by atoms with Crippen LogP contribution < -0.4 is 4.90 Å². The number of nitrogens with zero attached hydrogens (tertiary/aromatic N) is 1. The first kappa shape index (κ1) is 29.6. The Kier molecular flexibility index (Phi) is 6.55. The van der Waals surface area contributed by atoms with E-state index < -0.39 is 0 Å². The second-order valence-electron chi connectivity index (χ2n) is 13.6. The molecule has 0 unspecified atom stereocenters. The first-order valence-corrected chi connectivity index (χ1v) is 18.0. The summed E-state index contributed by atoms with van der Waals surface area (Å²) in [7, 11) is 0. The van der Waals surface area contributed by atoms with Gasteiger partial charge in [0.25, 0.3) is 0 Å². The van der Waals surface area contributed by atoms with Gasteiger partial charge in [-0.1, -0.05) is 146 Å². The van der Waals surface area contributed by atoms with Gasteiger partial charge >= 0.3 is 0 Å². The maximum absolute atomic E-state index is 6.63. The van der Waals surface area contributed by atoms with Crippen LogP contribution in [-0.2, 0) is 0 Å². The molecule has 0 bridgehead atoms. The second-order valence-corrected chi connectivity index (χ2v) is 13.6. The summed E-state index contributed by atoms with van der Waals surface area (Å²) in [5, 5.41) is 9.15. The normalized spacial score (nSPS) is 11.8. The minimum absolute atomic E-state index is 0.872. The van der Waals surface area contributed by atoms with E-state index in [0.717, 1.165) is 83.2 Å². The summed E-state index contributed by atoms with van der Waals surface area (Å²) in [5.74, 6) is 0. The Morgan fingerprint density at radius 3 is 1.66 bits per heavy atom. The zero-order valence-corrected chi connectivity index (χ0v) is 28.7. The van der Waals surface area contributed by atoms with Gasteiger partial charge in [-0.3, -0.25) is 0 Å². The van der Waals surface area contributed by atoms with Gasteiger partial charge < -0.3 is 13.7 Å². The number of benzene rings is 9. The summed E-state index contributed by atoms with van der Waals surface area (Å²) >= 11 is 0. The van der Waals surface area contributed by atoms with Gasteiger partial charge in [0.1, 0.15) is 22.3 Å². The predicted octanol–water partition coefficient (Wildman–Crippen LogP) is 14.6. The van der Waals surface area contributed by atoms with E-state index in [9.17, 15) is 0 Å². The summed E-state index contributed by atoms with van der Waals surface area (Å²) < 4.78 is 13.2. The lowest BCUT2D eigenvalue weighted by Crippen LogP contribution is -2.13. The third kappa shape index (κ3) is 4.61. The molecule has 2 aromatic heterocycles. The molecule has 0 aliphatic carbocycles. The molecule has 0 atom stereocenters. The highest BCUT2D eigenvalue weighted by Gasteiger charge is 2.25. The van der Waals surface area contributed by atoms with E-state index in [4.69, 9.17) is 8.83 Å². The van der Waals surface area contributed by atoms with Crippen LogP contribution in [0.15, 0.2) is 197 Å². The Hall–Kier alpha value is -7.10. The molecule has 0 spiro atoms. The number of anilines is 3. The molecule has 3 heteroatoms. The quantitative estimate of drug-likeness (QED) is 0.182.